The van der Waals surface area contributed by atoms with Gasteiger partial charge in [-0.1, -0.05) is 49.4 Å². The Morgan fingerprint density at radius 1 is 1.16 bits per heavy atom. The van der Waals surface area contributed by atoms with Crippen molar-refractivity contribution >= 4 is 18.0 Å². The van der Waals surface area contributed by atoms with Gasteiger partial charge in [-0.05, 0) is 43.1 Å². The van der Waals surface area contributed by atoms with Crippen LogP contribution >= 0.6 is 0 Å². The number of amides is 1. The van der Waals surface area contributed by atoms with Gasteiger partial charge in [0.1, 0.15) is 0 Å². The molecule has 3 fully saturated rings. The number of allylic oxidation sites excluding steroid dienone is 1. The number of benzene rings is 1. The van der Waals surface area contributed by atoms with E-state index in [2.05, 4.69) is 43.3 Å². The first-order valence-corrected chi connectivity index (χ1v) is 10.7. The zero-order valence-electron chi connectivity index (χ0n) is 17.6. The Bertz CT molecular complexity index is 792. The standard InChI is InChI=1S/C13H17F3N2O3.C10H12/c14-13(15,16)11(21)18(8-1-2-8)9-3-12(4-9)6-17(7-12)5-10(19)20;1-2-3-7-10-8-5-4-6-9-10/h8-9H,1-7H2,(H,19,20);3-9H,2H2,1H3/b;7-3-. The predicted molar refractivity (Wildman–Crippen MR) is 111 cm³/mol. The second-order valence-corrected chi connectivity index (χ2v) is 8.76. The number of carboxylic acid groups (broad SMARTS) is 1. The highest BCUT2D eigenvalue weighted by molar-refractivity contribution is 5.83. The first-order valence-electron chi connectivity index (χ1n) is 10.7. The number of nitrogens with zero attached hydrogens (tertiary/aromatic N) is 2. The topological polar surface area (TPSA) is 60.9 Å². The molecule has 0 radical (unpaired) electrons. The molecule has 2 saturated carbocycles. The Kier molecular flexibility index (Phi) is 7.09. The quantitative estimate of drug-likeness (QED) is 0.723. The van der Waals surface area contributed by atoms with Crippen LogP contribution in [-0.2, 0) is 9.59 Å². The van der Waals surface area contributed by atoms with Gasteiger partial charge in [-0.3, -0.25) is 14.5 Å². The summed E-state index contributed by atoms with van der Waals surface area (Å²) in [6.07, 6.45) is 3.01. The van der Waals surface area contributed by atoms with Gasteiger partial charge in [0, 0.05) is 25.2 Å². The molecule has 0 unspecified atom stereocenters. The van der Waals surface area contributed by atoms with Crippen molar-refractivity contribution in [3.8, 4) is 0 Å². The van der Waals surface area contributed by atoms with Crippen molar-refractivity contribution in [1.82, 2.24) is 9.80 Å². The summed E-state index contributed by atoms with van der Waals surface area (Å²) < 4.78 is 37.9. The summed E-state index contributed by atoms with van der Waals surface area (Å²) in [6, 6.07) is 9.75. The van der Waals surface area contributed by atoms with Gasteiger partial charge in [0.2, 0.25) is 0 Å². The fraction of sp³-hybridized carbons (Fsp3) is 0.565. The molecule has 1 aromatic carbocycles. The summed E-state index contributed by atoms with van der Waals surface area (Å²) in [4.78, 5) is 24.9. The number of halogens is 3. The Balaban J connectivity index is 0.000000229. The second-order valence-electron chi connectivity index (χ2n) is 8.76. The van der Waals surface area contributed by atoms with Crippen LogP contribution in [0.25, 0.3) is 6.08 Å². The minimum absolute atomic E-state index is 0.0275. The number of carboxylic acids is 1. The number of alkyl halides is 3. The zero-order valence-corrected chi connectivity index (χ0v) is 17.6. The van der Waals surface area contributed by atoms with E-state index in [0.717, 1.165) is 11.3 Å². The van der Waals surface area contributed by atoms with Gasteiger partial charge in [0.05, 0.1) is 6.54 Å². The first-order chi connectivity index (χ1) is 14.6. The van der Waals surface area contributed by atoms with Gasteiger partial charge < -0.3 is 10.0 Å². The zero-order chi connectivity index (χ0) is 22.6. The SMILES string of the molecule is CC/C=C\c1ccccc1.O=C(O)CN1CC2(CC(N(C(=O)C(F)(F)F)C3CC3)C2)C1. The highest BCUT2D eigenvalue weighted by Crippen LogP contribution is 2.52. The van der Waals surface area contributed by atoms with E-state index in [-0.39, 0.29) is 24.0 Å². The van der Waals surface area contributed by atoms with Crippen LogP contribution in [0.3, 0.4) is 0 Å². The van der Waals surface area contributed by atoms with Crippen molar-refractivity contribution in [1.29, 1.82) is 0 Å². The molecule has 0 atom stereocenters. The van der Waals surface area contributed by atoms with Crippen molar-refractivity contribution in [2.24, 2.45) is 5.41 Å². The van der Waals surface area contributed by atoms with E-state index in [4.69, 9.17) is 5.11 Å². The Labute approximate surface area is 180 Å². The molecule has 31 heavy (non-hydrogen) atoms. The van der Waals surface area contributed by atoms with Gasteiger partial charge >= 0.3 is 18.1 Å². The predicted octanol–water partition coefficient (Wildman–Crippen LogP) is 4.20. The molecule has 3 aliphatic rings. The maximum atomic E-state index is 12.6. The van der Waals surface area contributed by atoms with Crippen LogP contribution in [0.4, 0.5) is 13.2 Å². The lowest BCUT2D eigenvalue weighted by Gasteiger charge is -2.60. The Morgan fingerprint density at radius 2 is 1.77 bits per heavy atom. The van der Waals surface area contributed by atoms with Crippen LogP contribution in [0, 0.1) is 5.41 Å². The van der Waals surface area contributed by atoms with E-state index in [1.807, 2.05) is 6.07 Å². The third-order valence-corrected chi connectivity index (χ3v) is 5.97. The molecule has 1 aromatic rings. The summed E-state index contributed by atoms with van der Waals surface area (Å²) in [7, 11) is 0. The summed E-state index contributed by atoms with van der Waals surface area (Å²) in [5, 5.41) is 8.67. The maximum Gasteiger partial charge on any atom is 0.471 e. The lowest BCUT2D eigenvalue weighted by Crippen LogP contribution is -2.68. The minimum Gasteiger partial charge on any atom is -0.480 e. The van der Waals surface area contributed by atoms with Crippen molar-refractivity contribution in [2.75, 3.05) is 19.6 Å². The largest absolute Gasteiger partial charge is 0.480 e. The number of rotatable bonds is 6. The van der Waals surface area contributed by atoms with Crippen LogP contribution in [0.5, 0.6) is 0 Å². The number of carbonyl (C=O) groups is 2. The van der Waals surface area contributed by atoms with E-state index in [0.29, 0.717) is 38.8 Å². The molecule has 5 nitrogen and oxygen atoms in total. The minimum atomic E-state index is -4.81. The van der Waals surface area contributed by atoms with E-state index in [1.54, 1.807) is 4.90 Å². The third kappa shape index (κ3) is 6.09. The first kappa shape index (κ1) is 23.3. The van der Waals surface area contributed by atoms with Gasteiger partial charge in [-0.15, -0.1) is 0 Å². The Hall–Kier alpha value is -2.35. The van der Waals surface area contributed by atoms with Crippen LogP contribution in [0.15, 0.2) is 36.4 Å². The van der Waals surface area contributed by atoms with Gasteiger partial charge in [0.25, 0.3) is 0 Å². The van der Waals surface area contributed by atoms with E-state index in [1.165, 1.54) is 5.56 Å². The molecule has 8 heteroatoms. The maximum absolute atomic E-state index is 12.6. The van der Waals surface area contributed by atoms with Crippen LogP contribution in [-0.4, -0.2) is 64.7 Å². The van der Waals surface area contributed by atoms with Crippen molar-refractivity contribution in [3.05, 3.63) is 42.0 Å². The highest BCUT2D eigenvalue weighted by atomic mass is 19.4. The Morgan fingerprint density at radius 3 is 2.26 bits per heavy atom. The summed E-state index contributed by atoms with van der Waals surface area (Å²) in [5.41, 5.74) is 1.21. The number of hydrogen-bond acceptors (Lipinski definition) is 3. The molecule has 4 rings (SSSR count). The molecule has 1 aliphatic heterocycles. The van der Waals surface area contributed by atoms with Crippen molar-refractivity contribution < 1.29 is 27.9 Å². The molecular formula is C23H29F3N2O3. The van der Waals surface area contributed by atoms with Gasteiger partial charge in [-0.2, -0.15) is 13.2 Å². The smallest absolute Gasteiger partial charge is 0.471 e. The molecule has 1 saturated heterocycles. The highest BCUT2D eigenvalue weighted by Gasteiger charge is 2.59. The number of carbonyl (C=O) groups excluding carboxylic acids is 1. The molecule has 170 valence electrons. The average Bonchev–Trinajstić information content (AvgIpc) is 3.48. The molecule has 0 aromatic heterocycles. The summed E-state index contributed by atoms with van der Waals surface area (Å²) in [6.45, 7) is 3.32. The summed E-state index contributed by atoms with van der Waals surface area (Å²) in [5.74, 6) is -2.61. The van der Waals surface area contributed by atoms with Crippen LogP contribution in [0.2, 0.25) is 0 Å². The third-order valence-electron chi connectivity index (χ3n) is 5.97. The molecule has 1 spiro atoms. The van der Waals surface area contributed by atoms with E-state index >= 15 is 0 Å². The molecule has 2 aliphatic carbocycles. The fourth-order valence-electron chi connectivity index (χ4n) is 4.55. The van der Waals surface area contributed by atoms with Crippen molar-refractivity contribution in [3.63, 3.8) is 0 Å². The molecule has 1 N–H and O–H groups in total. The van der Waals surface area contributed by atoms with E-state index < -0.39 is 18.1 Å². The van der Waals surface area contributed by atoms with Crippen LogP contribution < -0.4 is 0 Å². The number of aliphatic carboxylic acids is 1. The monoisotopic (exact) mass is 438 g/mol. The molecule has 0 bridgehead atoms. The molecule has 1 amide bonds. The molecular weight excluding hydrogens is 409 g/mol. The lowest BCUT2D eigenvalue weighted by atomic mass is 9.60. The fourth-order valence-corrected chi connectivity index (χ4v) is 4.55. The normalized spacial score (nSPS) is 20.5. The van der Waals surface area contributed by atoms with Gasteiger partial charge in [-0.25, -0.2) is 0 Å². The number of hydrogen-bond donors (Lipinski definition) is 1. The molecule has 1 heterocycles. The second kappa shape index (κ2) is 9.42. The van der Waals surface area contributed by atoms with Crippen molar-refractivity contribution in [2.45, 2.75) is 57.3 Å². The lowest BCUT2D eigenvalue weighted by molar-refractivity contribution is -0.197. The van der Waals surface area contributed by atoms with Crippen LogP contribution in [0.1, 0.15) is 44.6 Å². The van der Waals surface area contributed by atoms with Gasteiger partial charge in [0.15, 0.2) is 0 Å². The average molecular weight is 438 g/mol. The number of likely N-dealkylation sites (tertiary alicyclic amines) is 1. The summed E-state index contributed by atoms with van der Waals surface area (Å²) >= 11 is 0. The van der Waals surface area contributed by atoms with E-state index in [9.17, 15) is 22.8 Å².